The van der Waals surface area contributed by atoms with Crippen LogP contribution in [0, 0.1) is 0 Å². The normalized spacial score (nSPS) is 18.5. The van der Waals surface area contributed by atoms with Gasteiger partial charge >= 0.3 is 0 Å². The lowest BCUT2D eigenvalue weighted by atomic mass is 10.0. The molecule has 22 heavy (non-hydrogen) atoms. The second-order valence-electron chi connectivity index (χ2n) is 5.89. The molecular weight excluding hydrogens is 280 g/mol. The van der Waals surface area contributed by atoms with E-state index >= 15 is 0 Å². The van der Waals surface area contributed by atoms with Gasteiger partial charge in [-0.15, -0.1) is 0 Å². The second-order valence-corrected chi connectivity index (χ2v) is 5.89. The van der Waals surface area contributed by atoms with E-state index in [0.717, 1.165) is 42.5 Å². The molecule has 0 spiro atoms. The molecule has 6 heteroatoms. The fourth-order valence-electron chi connectivity index (χ4n) is 3.08. The van der Waals surface area contributed by atoms with Crippen LogP contribution in [0.5, 0.6) is 5.88 Å². The van der Waals surface area contributed by atoms with Crippen molar-refractivity contribution < 1.29 is 4.74 Å². The van der Waals surface area contributed by atoms with Crippen LogP contribution in [-0.2, 0) is 0 Å². The Kier molecular flexibility index (Phi) is 4.13. The zero-order valence-electron chi connectivity index (χ0n) is 13.0. The minimum atomic E-state index is -0.102. The molecular formula is C16H22N4O2. The van der Waals surface area contributed by atoms with Crippen LogP contribution in [-0.4, -0.2) is 41.1 Å². The van der Waals surface area contributed by atoms with E-state index in [1.54, 1.807) is 19.2 Å². The first-order valence-electron chi connectivity index (χ1n) is 7.66. The lowest BCUT2D eigenvalue weighted by molar-refractivity contribution is 0.164. The van der Waals surface area contributed by atoms with Gasteiger partial charge in [0.25, 0.3) is 0 Å². The van der Waals surface area contributed by atoms with Crippen LogP contribution in [0.2, 0.25) is 0 Å². The highest BCUT2D eigenvalue weighted by Gasteiger charge is 2.23. The number of likely N-dealkylation sites (tertiary alicyclic amines) is 1. The Morgan fingerprint density at radius 3 is 2.82 bits per heavy atom. The molecule has 0 saturated carbocycles. The molecule has 1 aliphatic rings. The monoisotopic (exact) mass is 302 g/mol. The summed E-state index contributed by atoms with van der Waals surface area (Å²) in [5.41, 5.74) is 8.35. The number of fused-ring (bicyclic) bond motifs is 1. The van der Waals surface area contributed by atoms with Crippen molar-refractivity contribution in [2.24, 2.45) is 5.73 Å². The Morgan fingerprint density at radius 1 is 1.41 bits per heavy atom. The third-order valence-electron chi connectivity index (χ3n) is 4.47. The number of nitrogens with one attached hydrogen (secondary N) is 1. The summed E-state index contributed by atoms with van der Waals surface area (Å²) in [5.74, 6) is 0.550. The number of methoxy groups -OCH3 is 1. The van der Waals surface area contributed by atoms with Gasteiger partial charge < -0.3 is 15.5 Å². The number of pyridine rings is 2. The molecule has 0 bridgehead atoms. The van der Waals surface area contributed by atoms with E-state index in [2.05, 4.69) is 21.8 Å². The third-order valence-corrected chi connectivity index (χ3v) is 4.47. The van der Waals surface area contributed by atoms with Gasteiger partial charge in [-0.1, -0.05) is 0 Å². The van der Waals surface area contributed by atoms with Crippen LogP contribution in [0.3, 0.4) is 0 Å². The maximum Gasteiger partial charge on any atom is 0.248 e. The minimum absolute atomic E-state index is 0.102. The minimum Gasteiger partial charge on any atom is -0.481 e. The largest absolute Gasteiger partial charge is 0.481 e. The van der Waals surface area contributed by atoms with Gasteiger partial charge in [0.2, 0.25) is 11.4 Å². The molecule has 1 unspecified atom stereocenters. The van der Waals surface area contributed by atoms with Crippen LogP contribution in [0.25, 0.3) is 11.0 Å². The van der Waals surface area contributed by atoms with Crippen LogP contribution in [0.1, 0.15) is 31.4 Å². The third kappa shape index (κ3) is 2.84. The molecule has 6 nitrogen and oxygen atoms in total. The molecule has 3 N–H and O–H groups in total. The summed E-state index contributed by atoms with van der Waals surface area (Å²) in [6.45, 7) is 4.01. The number of piperidine rings is 1. The molecule has 1 fully saturated rings. The van der Waals surface area contributed by atoms with Crippen molar-refractivity contribution in [3.63, 3.8) is 0 Å². The van der Waals surface area contributed by atoms with Gasteiger partial charge in [-0.05, 0) is 25.8 Å². The first kappa shape index (κ1) is 15.0. The number of nitrogens with zero attached hydrogens (tertiary/aromatic N) is 2. The van der Waals surface area contributed by atoms with E-state index in [1.165, 1.54) is 0 Å². The van der Waals surface area contributed by atoms with Crippen LogP contribution in [0.4, 0.5) is 0 Å². The Morgan fingerprint density at radius 2 is 2.14 bits per heavy atom. The van der Waals surface area contributed by atoms with Gasteiger partial charge in [-0.3, -0.25) is 9.69 Å². The lowest BCUT2D eigenvalue weighted by Gasteiger charge is -2.35. The van der Waals surface area contributed by atoms with Gasteiger partial charge in [-0.25, -0.2) is 4.98 Å². The topological polar surface area (TPSA) is 84.2 Å². The number of aromatic nitrogens is 2. The van der Waals surface area contributed by atoms with E-state index < -0.39 is 0 Å². The summed E-state index contributed by atoms with van der Waals surface area (Å²) in [6.07, 6.45) is 1.98. The molecule has 1 aliphatic heterocycles. The second kappa shape index (κ2) is 6.06. The van der Waals surface area contributed by atoms with Crippen LogP contribution >= 0.6 is 0 Å². The summed E-state index contributed by atoms with van der Waals surface area (Å²) in [5, 5.41) is 0. The first-order chi connectivity index (χ1) is 10.6. The molecule has 3 rings (SSSR count). The van der Waals surface area contributed by atoms with Gasteiger partial charge in [0, 0.05) is 42.9 Å². The number of rotatable bonds is 3. The van der Waals surface area contributed by atoms with Crippen molar-refractivity contribution in [3.05, 3.63) is 34.1 Å². The van der Waals surface area contributed by atoms with Crippen molar-refractivity contribution in [2.75, 3.05) is 20.2 Å². The van der Waals surface area contributed by atoms with E-state index in [-0.39, 0.29) is 17.6 Å². The van der Waals surface area contributed by atoms with Gasteiger partial charge in [0.1, 0.15) is 0 Å². The van der Waals surface area contributed by atoms with E-state index in [9.17, 15) is 4.79 Å². The van der Waals surface area contributed by atoms with Crippen molar-refractivity contribution in [1.29, 1.82) is 0 Å². The highest BCUT2D eigenvalue weighted by atomic mass is 16.5. The van der Waals surface area contributed by atoms with Crippen molar-refractivity contribution >= 4 is 11.0 Å². The predicted octanol–water partition coefficient (Wildman–Crippen LogP) is 1.42. The first-order valence-corrected chi connectivity index (χ1v) is 7.66. The number of ether oxygens (including phenoxy) is 1. The van der Waals surface area contributed by atoms with Crippen molar-refractivity contribution in [2.45, 2.75) is 31.8 Å². The van der Waals surface area contributed by atoms with E-state index in [4.69, 9.17) is 10.5 Å². The summed E-state index contributed by atoms with van der Waals surface area (Å²) < 4.78 is 5.21. The molecule has 2 aromatic rings. The average Bonchev–Trinajstić information content (AvgIpc) is 2.53. The van der Waals surface area contributed by atoms with Crippen molar-refractivity contribution in [3.8, 4) is 5.88 Å². The number of aromatic amines is 1. The van der Waals surface area contributed by atoms with Crippen LogP contribution in [0.15, 0.2) is 23.0 Å². The highest BCUT2D eigenvalue weighted by Crippen LogP contribution is 2.28. The zero-order chi connectivity index (χ0) is 15.7. The molecule has 0 amide bonds. The zero-order valence-corrected chi connectivity index (χ0v) is 13.0. The smallest absolute Gasteiger partial charge is 0.248 e. The molecule has 1 atom stereocenters. The SMILES string of the molecule is COc1ccc2[nH]c(=O)cc(C(C)N3CCC(N)CC3)c2n1. The van der Waals surface area contributed by atoms with E-state index in [0.29, 0.717) is 5.88 Å². The molecule has 0 aromatic carbocycles. The summed E-state index contributed by atoms with van der Waals surface area (Å²) in [4.78, 5) is 21.7. The fourth-order valence-corrected chi connectivity index (χ4v) is 3.08. The van der Waals surface area contributed by atoms with Crippen molar-refractivity contribution in [1.82, 2.24) is 14.9 Å². The quantitative estimate of drug-likeness (QED) is 0.895. The molecule has 3 heterocycles. The summed E-state index contributed by atoms with van der Waals surface area (Å²) in [6, 6.07) is 5.65. The number of H-pyrrole nitrogens is 1. The van der Waals surface area contributed by atoms with Gasteiger partial charge in [0.05, 0.1) is 18.1 Å². The molecule has 0 aliphatic carbocycles. The Balaban J connectivity index is 2.02. The number of hydrogen-bond donors (Lipinski definition) is 2. The summed E-state index contributed by atoms with van der Waals surface area (Å²) in [7, 11) is 1.59. The Hall–Kier alpha value is -1.92. The molecule has 0 radical (unpaired) electrons. The number of hydrogen-bond acceptors (Lipinski definition) is 5. The van der Waals surface area contributed by atoms with Gasteiger partial charge in [0.15, 0.2) is 0 Å². The maximum atomic E-state index is 11.9. The average molecular weight is 302 g/mol. The number of nitrogens with two attached hydrogens (primary N) is 1. The standard InChI is InChI=1S/C16H22N4O2/c1-10(20-7-5-11(17)6-8-20)12-9-14(21)18-13-3-4-15(22-2)19-16(12)13/h3-4,9-11H,5-8,17H2,1-2H3,(H,18,21). The molecule has 1 saturated heterocycles. The van der Waals surface area contributed by atoms with Gasteiger partial charge in [-0.2, -0.15) is 0 Å². The molecule has 118 valence electrons. The Labute approximate surface area is 129 Å². The molecule has 2 aromatic heterocycles. The van der Waals surface area contributed by atoms with Crippen LogP contribution < -0.4 is 16.0 Å². The summed E-state index contributed by atoms with van der Waals surface area (Å²) >= 11 is 0. The predicted molar refractivity (Wildman–Crippen MR) is 86.1 cm³/mol. The Bertz CT molecular complexity index is 720. The highest BCUT2D eigenvalue weighted by molar-refractivity contribution is 5.78. The fraction of sp³-hybridized carbons (Fsp3) is 0.500. The maximum absolute atomic E-state index is 11.9. The van der Waals surface area contributed by atoms with E-state index in [1.807, 2.05) is 6.07 Å². The lowest BCUT2D eigenvalue weighted by Crippen LogP contribution is -2.41.